The van der Waals surface area contributed by atoms with Gasteiger partial charge in [0, 0.05) is 31.9 Å². The summed E-state index contributed by atoms with van der Waals surface area (Å²) >= 11 is 0. The molecule has 8 nitrogen and oxygen atoms in total. The van der Waals surface area contributed by atoms with Crippen molar-refractivity contribution < 1.29 is 24.2 Å². The highest BCUT2D eigenvalue weighted by atomic mass is 16.6. The Balaban J connectivity index is 1.34. The topological polar surface area (TPSA) is 82.6 Å². The van der Waals surface area contributed by atoms with E-state index in [1.54, 1.807) is 4.90 Å². The molecule has 2 aliphatic heterocycles. The Morgan fingerprint density at radius 3 is 2.39 bits per heavy atom. The average molecular weight is 454 g/mol. The maximum Gasteiger partial charge on any atom is 0.410 e. The van der Waals surface area contributed by atoms with E-state index in [-0.39, 0.29) is 19.2 Å². The van der Waals surface area contributed by atoms with E-state index in [0.717, 1.165) is 22.4 Å². The van der Waals surface area contributed by atoms with Crippen LogP contribution in [0.3, 0.4) is 0 Å². The molecule has 33 heavy (non-hydrogen) atoms. The maximum atomic E-state index is 12.5. The minimum absolute atomic E-state index is 0.171. The van der Waals surface area contributed by atoms with Crippen LogP contribution in [-0.2, 0) is 29.2 Å². The van der Waals surface area contributed by atoms with Crippen LogP contribution in [0.4, 0.5) is 15.3 Å². The predicted molar refractivity (Wildman–Crippen MR) is 123 cm³/mol. The van der Waals surface area contributed by atoms with Crippen molar-refractivity contribution in [1.82, 2.24) is 9.80 Å². The zero-order valence-electron chi connectivity index (χ0n) is 19.4. The molecule has 176 valence electrons. The molecule has 2 heterocycles. The number of ether oxygens (including phenoxy) is 2. The van der Waals surface area contributed by atoms with E-state index in [9.17, 15) is 14.7 Å². The number of fused-ring (bicyclic) bond motifs is 1. The molecule has 0 unspecified atom stereocenters. The van der Waals surface area contributed by atoms with Crippen LogP contribution in [0.2, 0.25) is 0 Å². The molecular weight excluding hydrogens is 422 g/mol. The van der Waals surface area contributed by atoms with E-state index >= 15 is 0 Å². The molecule has 0 aromatic heterocycles. The second kappa shape index (κ2) is 9.31. The number of anilines is 1. The third kappa shape index (κ3) is 5.57. The SMILES string of the molecule is CC(C)(C)OC(=O)N1CCN(c2ccc3c(c2)CN(C(=O)OCc2ccccc2)C3)[C@H](O)C1. The van der Waals surface area contributed by atoms with Crippen molar-refractivity contribution in [2.75, 3.05) is 24.5 Å². The van der Waals surface area contributed by atoms with Crippen LogP contribution in [-0.4, -0.2) is 58.6 Å². The normalized spacial score (nSPS) is 18.2. The number of β-amino-alcohol motifs (C(OH)–C–C–N with tert-alkyl or cyclic N) is 1. The standard InChI is InChI=1S/C25H31N3O5/c1-25(2,3)33-24(31)26-11-12-28(22(29)16-26)21-10-9-19-14-27(15-20(19)13-21)23(30)32-17-18-7-5-4-6-8-18/h4-10,13,22,29H,11-12,14-17H2,1-3H3/t22-/m1/s1. The van der Waals surface area contributed by atoms with Crippen LogP contribution >= 0.6 is 0 Å². The highest BCUT2D eigenvalue weighted by Gasteiger charge is 2.32. The fraction of sp³-hybridized carbons (Fsp3) is 0.440. The number of aliphatic hydroxyl groups excluding tert-OH is 1. The number of amides is 2. The number of aliphatic hydroxyl groups is 1. The minimum Gasteiger partial charge on any atom is -0.445 e. The molecular formula is C25H31N3O5. The second-order valence-corrected chi connectivity index (χ2v) is 9.45. The van der Waals surface area contributed by atoms with Gasteiger partial charge in [-0.05, 0) is 49.6 Å². The van der Waals surface area contributed by atoms with Crippen LogP contribution in [0.1, 0.15) is 37.5 Å². The van der Waals surface area contributed by atoms with E-state index in [4.69, 9.17) is 9.47 Å². The average Bonchev–Trinajstić information content (AvgIpc) is 3.20. The summed E-state index contributed by atoms with van der Waals surface area (Å²) in [7, 11) is 0. The van der Waals surface area contributed by atoms with Gasteiger partial charge in [0.1, 0.15) is 18.4 Å². The number of nitrogens with zero attached hydrogens (tertiary/aromatic N) is 3. The Kier molecular flexibility index (Phi) is 6.47. The van der Waals surface area contributed by atoms with Gasteiger partial charge in [-0.1, -0.05) is 36.4 Å². The summed E-state index contributed by atoms with van der Waals surface area (Å²) in [4.78, 5) is 29.9. The molecule has 1 fully saturated rings. The van der Waals surface area contributed by atoms with Crippen LogP contribution in [0.15, 0.2) is 48.5 Å². The number of hydrogen-bond acceptors (Lipinski definition) is 6. The summed E-state index contributed by atoms with van der Waals surface area (Å²) in [5.41, 5.74) is 3.34. The van der Waals surface area contributed by atoms with Gasteiger partial charge >= 0.3 is 12.2 Å². The monoisotopic (exact) mass is 453 g/mol. The lowest BCUT2D eigenvalue weighted by atomic mass is 10.1. The molecule has 0 spiro atoms. The quantitative estimate of drug-likeness (QED) is 0.763. The smallest absolute Gasteiger partial charge is 0.410 e. The minimum atomic E-state index is -0.835. The zero-order chi connectivity index (χ0) is 23.6. The molecule has 1 atom stereocenters. The number of benzene rings is 2. The molecule has 0 aliphatic carbocycles. The molecule has 2 amide bonds. The first-order valence-corrected chi connectivity index (χ1v) is 11.2. The predicted octanol–water partition coefficient (Wildman–Crippen LogP) is 3.71. The number of hydrogen-bond donors (Lipinski definition) is 1. The second-order valence-electron chi connectivity index (χ2n) is 9.45. The molecule has 1 N–H and O–H groups in total. The van der Waals surface area contributed by atoms with Gasteiger partial charge in [0.2, 0.25) is 0 Å². The van der Waals surface area contributed by atoms with Gasteiger partial charge in [-0.3, -0.25) is 4.90 Å². The van der Waals surface area contributed by atoms with Crippen molar-refractivity contribution in [3.63, 3.8) is 0 Å². The Morgan fingerprint density at radius 2 is 1.70 bits per heavy atom. The van der Waals surface area contributed by atoms with Gasteiger partial charge in [-0.15, -0.1) is 0 Å². The highest BCUT2D eigenvalue weighted by molar-refractivity contribution is 5.70. The van der Waals surface area contributed by atoms with Crippen molar-refractivity contribution in [1.29, 1.82) is 0 Å². The molecule has 2 aromatic carbocycles. The summed E-state index contributed by atoms with van der Waals surface area (Å²) in [5, 5.41) is 10.7. The summed E-state index contributed by atoms with van der Waals surface area (Å²) in [6.45, 7) is 7.79. The van der Waals surface area contributed by atoms with Crippen LogP contribution in [0.25, 0.3) is 0 Å². The highest BCUT2D eigenvalue weighted by Crippen LogP contribution is 2.29. The molecule has 1 saturated heterocycles. The Bertz CT molecular complexity index is 1000. The van der Waals surface area contributed by atoms with E-state index in [1.165, 1.54) is 4.90 Å². The van der Waals surface area contributed by atoms with E-state index in [0.29, 0.717) is 26.2 Å². The molecule has 0 bridgehead atoms. The largest absolute Gasteiger partial charge is 0.445 e. The van der Waals surface area contributed by atoms with Gasteiger partial charge in [0.05, 0.1) is 6.54 Å². The van der Waals surface area contributed by atoms with E-state index in [1.807, 2.05) is 74.2 Å². The number of carbonyl (C=O) groups excluding carboxylic acids is 2. The van der Waals surface area contributed by atoms with Crippen molar-refractivity contribution in [2.24, 2.45) is 0 Å². The third-order valence-corrected chi connectivity index (χ3v) is 5.71. The van der Waals surface area contributed by atoms with Gasteiger partial charge in [0.25, 0.3) is 0 Å². The summed E-state index contributed by atoms with van der Waals surface area (Å²) in [6, 6.07) is 15.5. The molecule has 0 radical (unpaired) electrons. The van der Waals surface area contributed by atoms with Gasteiger partial charge in [-0.2, -0.15) is 0 Å². The van der Waals surface area contributed by atoms with Gasteiger partial charge in [0.15, 0.2) is 0 Å². The van der Waals surface area contributed by atoms with Crippen molar-refractivity contribution in [3.05, 3.63) is 65.2 Å². The first-order chi connectivity index (χ1) is 15.7. The zero-order valence-corrected chi connectivity index (χ0v) is 19.4. The van der Waals surface area contributed by atoms with Crippen LogP contribution < -0.4 is 4.90 Å². The number of carbonyl (C=O) groups is 2. The molecule has 8 heteroatoms. The van der Waals surface area contributed by atoms with E-state index < -0.39 is 17.9 Å². The summed E-state index contributed by atoms with van der Waals surface area (Å²) in [6.07, 6.45) is -1.60. The van der Waals surface area contributed by atoms with E-state index in [2.05, 4.69) is 0 Å². The first-order valence-electron chi connectivity index (χ1n) is 11.2. The van der Waals surface area contributed by atoms with Crippen molar-refractivity contribution in [3.8, 4) is 0 Å². The number of rotatable bonds is 3. The fourth-order valence-corrected chi connectivity index (χ4v) is 4.06. The van der Waals surface area contributed by atoms with Crippen molar-refractivity contribution >= 4 is 17.9 Å². The molecule has 2 aliphatic rings. The third-order valence-electron chi connectivity index (χ3n) is 5.71. The van der Waals surface area contributed by atoms with Gasteiger partial charge < -0.3 is 24.4 Å². The summed E-state index contributed by atoms with van der Waals surface area (Å²) in [5.74, 6) is 0. The lowest BCUT2D eigenvalue weighted by Crippen LogP contribution is -2.55. The number of piperazine rings is 1. The van der Waals surface area contributed by atoms with Crippen LogP contribution in [0.5, 0.6) is 0 Å². The van der Waals surface area contributed by atoms with Gasteiger partial charge in [-0.25, -0.2) is 9.59 Å². The fourth-order valence-electron chi connectivity index (χ4n) is 4.06. The first kappa shape index (κ1) is 22.9. The summed E-state index contributed by atoms with van der Waals surface area (Å²) < 4.78 is 10.9. The Hall–Kier alpha value is -3.26. The van der Waals surface area contributed by atoms with Crippen LogP contribution in [0, 0.1) is 0 Å². The van der Waals surface area contributed by atoms with Crippen molar-refractivity contribution in [2.45, 2.75) is 52.3 Å². The Labute approximate surface area is 194 Å². The molecule has 4 rings (SSSR count). The lowest BCUT2D eigenvalue weighted by Gasteiger charge is -2.40. The molecule has 2 aromatic rings. The maximum absolute atomic E-state index is 12.5. The molecule has 0 saturated carbocycles. The Morgan fingerprint density at radius 1 is 0.970 bits per heavy atom. The lowest BCUT2D eigenvalue weighted by molar-refractivity contribution is 0.00736.